The van der Waals surface area contributed by atoms with Crippen LogP contribution in [0.15, 0.2) is 22.7 Å². The summed E-state index contributed by atoms with van der Waals surface area (Å²) in [4.78, 5) is 0. The fourth-order valence-electron chi connectivity index (χ4n) is 0.984. The van der Waals surface area contributed by atoms with Crippen LogP contribution in [-0.4, -0.2) is 6.67 Å². The van der Waals surface area contributed by atoms with Crippen molar-refractivity contribution in [1.82, 2.24) is 0 Å². The van der Waals surface area contributed by atoms with Crippen LogP contribution in [0.2, 0.25) is 5.02 Å². The van der Waals surface area contributed by atoms with Crippen molar-refractivity contribution in [1.29, 1.82) is 0 Å². The lowest BCUT2D eigenvalue weighted by atomic mass is 10.0. The van der Waals surface area contributed by atoms with E-state index in [0.29, 0.717) is 5.02 Å². The Kier molecular flexibility index (Phi) is 3.53. The van der Waals surface area contributed by atoms with Crippen LogP contribution in [0.5, 0.6) is 0 Å². The SMILES string of the molecule is CC(CF)c1cccc(Cl)c1Br. The molecular weight excluding hydrogens is 242 g/mol. The molecule has 66 valence electrons. The second-order valence-electron chi connectivity index (χ2n) is 2.70. The zero-order chi connectivity index (χ0) is 9.14. The second kappa shape index (κ2) is 4.24. The molecule has 1 aromatic carbocycles. The van der Waals surface area contributed by atoms with E-state index in [0.717, 1.165) is 10.0 Å². The van der Waals surface area contributed by atoms with Crippen LogP contribution < -0.4 is 0 Å². The summed E-state index contributed by atoms with van der Waals surface area (Å²) in [6.07, 6.45) is 0. The van der Waals surface area contributed by atoms with Crippen molar-refractivity contribution in [3.63, 3.8) is 0 Å². The summed E-state index contributed by atoms with van der Waals surface area (Å²) in [5, 5.41) is 0.632. The third kappa shape index (κ3) is 1.99. The van der Waals surface area contributed by atoms with Gasteiger partial charge in [-0.05, 0) is 27.6 Å². The number of hydrogen-bond acceptors (Lipinski definition) is 0. The fraction of sp³-hybridized carbons (Fsp3) is 0.333. The van der Waals surface area contributed by atoms with Crippen LogP contribution in [0.4, 0.5) is 4.39 Å². The third-order valence-corrected chi connectivity index (χ3v) is 3.17. The summed E-state index contributed by atoms with van der Waals surface area (Å²) in [5.74, 6) is -0.0990. The lowest BCUT2D eigenvalue weighted by Gasteiger charge is -2.10. The zero-order valence-corrected chi connectivity index (χ0v) is 8.99. The van der Waals surface area contributed by atoms with E-state index in [4.69, 9.17) is 11.6 Å². The summed E-state index contributed by atoms with van der Waals surface area (Å²) < 4.78 is 13.1. The molecule has 0 aliphatic heterocycles. The minimum Gasteiger partial charge on any atom is -0.250 e. The number of hydrogen-bond donors (Lipinski definition) is 0. The monoisotopic (exact) mass is 250 g/mol. The molecule has 1 atom stereocenters. The van der Waals surface area contributed by atoms with Gasteiger partial charge >= 0.3 is 0 Å². The van der Waals surface area contributed by atoms with Gasteiger partial charge in [0.15, 0.2) is 0 Å². The number of halogens is 3. The molecule has 0 amide bonds. The van der Waals surface area contributed by atoms with Gasteiger partial charge in [0.1, 0.15) is 0 Å². The number of rotatable bonds is 2. The maximum absolute atomic E-state index is 12.3. The van der Waals surface area contributed by atoms with Gasteiger partial charge in [-0.15, -0.1) is 0 Å². The molecule has 0 spiro atoms. The van der Waals surface area contributed by atoms with Crippen LogP contribution >= 0.6 is 27.5 Å². The molecule has 0 fully saturated rings. The standard InChI is InChI=1S/C9H9BrClF/c1-6(5-12)7-3-2-4-8(11)9(7)10/h2-4,6H,5H2,1H3. The molecular formula is C9H9BrClF. The van der Waals surface area contributed by atoms with Gasteiger partial charge in [0.05, 0.1) is 11.7 Å². The normalized spacial score (nSPS) is 13.0. The molecule has 0 nitrogen and oxygen atoms in total. The zero-order valence-electron chi connectivity index (χ0n) is 6.65. The maximum Gasteiger partial charge on any atom is 0.0960 e. The minimum absolute atomic E-state index is 0.0990. The molecule has 1 unspecified atom stereocenters. The maximum atomic E-state index is 12.3. The van der Waals surface area contributed by atoms with Crippen molar-refractivity contribution in [2.45, 2.75) is 12.8 Å². The van der Waals surface area contributed by atoms with Gasteiger partial charge in [-0.1, -0.05) is 30.7 Å². The predicted octanol–water partition coefficient (Wildman–Crippen LogP) is 4.18. The van der Waals surface area contributed by atoms with Crippen LogP contribution in [-0.2, 0) is 0 Å². The molecule has 0 bridgehead atoms. The topological polar surface area (TPSA) is 0 Å². The van der Waals surface area contributed by atoms with Gasteiger partial charge in [-0.2, -0.15) is 0 Å². The van der Waals surface area contributed by atoms with Crippen LogP contribution in [0.25, 0.3) is 0 Å². The lowest BCUT2D eigenvalue weighted by molar-refractivity contribution is 0.446. The molecule has 12 heavy (non-hydrogen) atoms. The first kappa shape index (κ1) is 10.0. The Morgan fingerprint density at radius 2 is 2.25 bits per heavy atom. The van der Waals surface area contributed by atoms with E-state index in [-0.39, 0.29) is 12.6 Å². The summed E-state index contributed by atoms with van der Waals surface area (Å²) >= 11 is 9.17. The lowest BCUT2D eigenvalue weighted by Crippen LogP contribution is -1.96. The molecule has 0 heterocycles. The molecule has 0 aromatic heterocycles. The molecule has 0 aliphatic carbocycles. The molecule has 3 heteroatoms. The predicted molar refractivity (Wildman–Crippen MR) is 53.5 cm³/mol. The Balaban J connectivity index is 3.07. The van der Waals surface area contributed by atoms with Gasteiger partial charge in [0.2, 0.25) is 0 Å². The summed E-state index contributed by atoms with van der Waals surface area (Å²) in [6, 6.07) is 5.48. The quantitative estimate of drug-likeness (QED) is 0.740. The highest BCUT2D eigenvalue weighted by atomic mass is 79.9. The summed E-state index contributed by atoms with van der Waals surface area (Å²) in [5.41, 5.74) is 0.921. The summed E-state index contributed by atoms with van der Waals surface area (Å²) in [6.45, 7) is 1.47. The van der Waals surface area contributed by atoms with E-state index >= 15 is 0 Å². The highest BCUT2D eigenvalue weighted by molar-refractivity contribution is 9.10. The molecule has 0 saturated heterocycles. The van der Waals surface area contributed by atoms with E-state index in [1.54, 1.807) is 6.07 Å². The Morgan fingerprint density at radius 3 is 2.83 bits per heavy atom. The molecule has 0 N–H and O–H groups in total. The van der Waals surface area contributed by atoms with E-state index in [9.17, 15) is 4.39 Å². The van der Waals surface area contributed by atoms with Crippen LogP contribution in [0, 0.1) is 0 Å². The van der Waals surface area contributed by atoms with Gasteiger partial charge in [-0.25, -0.2) is 0 Å². The van der Waals surface area contributed by atoms with Crippen LogP contribution in [0.3, 0.4) is 0 Å². The fourth-order valence-corrected chi connectivity index (χ4v) is 1.82. The van der Waals surface area contributed by atoms with Crippen molar-refractivity contribution >= 4 is 27.5 Å². The van der Waals surface area contributed by atoms with Crippen molar-refractivity contribution in [3.05, 3.63) is 33.3 Å². The molecule has 0 saturated carbocycles. The Hall–Kier alpha value is -0.0800. The van der Waals surface area contributed by atoms with Gasteiger partial charge in [0.25, 0.3) is 0 Å². The Labute approximate surface area is 84.9 Å². The van der Waals surface area contributed by atoms with Gasteiger partial charge < -0.3 is 0 Å². The van der Waals surface area contributed by atoms with Crippen molar-refractivity contribution < 1.29 is 4.39 Å². The summed E-state index contributed by atoms with van der Waals surface area (Å²) in [7, 11) is 0. The van der Waals surface area contributed by atoms with Crippen LogP contribution in [0.1, 0.15) is 18.4 Å². The van der Waals surface area contributed by atoms with E-state index < -0.39 is 0 Å². The highest BCUT2D eigenvalue weighted by Gasteiger charge is 2.10. The second-order valence-corrected chi connectivity index (χ2v) is 3.90. The Bertz CT molecular complexity index is 275. The first-order valence-corrected chi connectivity index (χ1v) is 4.83. The molecule has 0 aliphatic rings. The number of benzene rings is 1. The van der Waals surface area contributed by atoms with E-state index in [1.807, 2.05) is 19.1 Å². The van der Waals surface area contributed by atoms with E-state index in [1.165, 1.54) is 0 Å². The number of alkyl halides is 1. The third-order valence-electron chi connectivity index (χ3n) is 1.74. The van der Waals surface area contributed by atoms with E-state index in [2.05, 4.69) is 15.9 Å². The molecule has 0 radical (unpaired) electrons. The van der Waals surface area contributed by atoms with Gasteiger partial charge in [-0.3, -0.25) is 4.39 Å². The smallest absolute Gasteiger partial charge is 0.0960 e. The average molecular weight is 252 g/mol. The average Bonchev–Trinajstić information content (AvgIpc) is 2.08. The molecule has 1 rings (SSSR count). The first-order chi connectivity index (χ1) is 5.66. The van der Waals surface area contributed by atoms with Crippen molar-refractivity contribution in [2.75, 3.05) is 6.67 Å². The Morgan fingerprint density at radius 1 is 1.58 bits per heavy atom. The molecule has 1 aromatic rings. The highest BCUT2D eigenvalue weighted by Crippen LogP contribution is 2.31. The minimum atomic E-state index is -0.362. The van der Waals surface area contributed by atoms with Crippen molar-refractivity contribution in [2.24, 2.45) is 0 Å². The van der Waals surface area contributed by atoms with Crippen molar-refractivity contribution in [3.8, 4) is 0 Å². The largest absolute Gasteiger partial charge is 0.250 e. The first-order valence-electron chi connectivity index (χ1n) is 3.66. The van der Waals surface area contributed by atoms with Gasteiger partial charge in [0, 0.05) is 10.4 Å².